The third kappa shape index (κ3) is 2.51. The minimum atomic E-state index is -3.03. The van der Waals surface area contributed by atoms with E-state index < -0.39 is 15.8 Å². The Kier molecular flexibility index (Phi) is 3.40. The monoisotopic (exact) mass is 309 g/mol. The fourth-order valence-corrected chi connectivity index (χ4v) is 4.41. The van der Waals surface area contributed by atoms with E-state index in [0.717, 1.165) is 6.42 Å². The Morgan fingerprint density at radius 1 is 1.43 bits per heavy atom. The smallest absolute Gasteiger partial charge is 0.341 e. The number of methoxy groups -OCH3 is 1. The number of hydrogen-bond donors (Lipinski definition) is 0. The third-order valence-electron chi connectivity index (χ3n) is 3.69. The van der Waals surface area contributed by atoms with Gasteiger partial charge in [-0.3, -0.25) is 4.40 Å². The molecule has 2 aromatic rings. The minimum absolute atomic E-state index is 0.0796. The molecule has 0 aliphatic carbocycles. The van der Waals surface area contributed by atoms with Crippen LogP contribution in [-0.4, -0.2) is 47.6 Å². The maximum absolute atomic E-state index is 11.8. The van der Waals surface area contributed by atoms with Crippen LogP contribution in [0.5, 0.6) is 0 Å². The van der Waals surface area contributed by atoms with E-state index in [1.165, 1.54) is 7.11 Å². The second kappa shape index (κ2) is 5.10. The van der Waals surface area contributed by atoms with Crippen molar-refractivity contribution in [1.82, 2.24) is 14.6 Å². The first-order chi connectivity index (χ1) is 10.0. The number of nitrogens with zero attached hydrogens (tertiary/aromatic N) is 3. The molecule has 1 unspecified atom stereocenters. The van der Waals surface area contributed by atoms with Gasteiger partial charge in [-0.1, -0.05) is 0 Å². The average Bonchev–Trinajstić information content (AvgIpc) is 2.89. The van der Waals surface area contributed by atoms with Crippen molar-refractivity contribution in [2.75, 3.05) is 18.6 Å². The van der Waals surface area contributed by atoms with Crippen LogP contribution in [-0.2, 0) is 14.6 Å². The number of pyridine rings is 1. The Bertz CT molecular complexity index is 797. The summed E-state index contributed by atoms with van der Waals surface area (Å²) in [6.45, 7) is 0. The predicted octanol–water partition coefficient (Wildman–Crippen LogP) is 0.808. The van der Waals surface area contributed by atoms with Gasteiger partial charge in [-0.15, -0.1) is 10.2 Å². The number of fused-ring (bicyclic) bond motifs is 1. The van der Waals surface area contributed by atoms with E-state index in [9.17, 15) is 13.2 Å². The number of sulfone groups is 1. The standard InChI is InChI=1S/C13H15N3O4S/c1-20-13(17)10-5-2-6-16-11(14-15-12(10)16)9-4-3-7-21(18,19)8-9/h2,5-6,9H,3-4,7-8H2,1H3. The molecule has 0 spiro atoms. The highest BCUT2D eigenvalue weighted by atomic mass is 32.2. The minimum Gasteiger partial charge on any atom is -0.465 e. The molecule has 1 saturated heterocycles. The SMILES string of the molecule is COC(=O)c1cccn2c(C3CCCS(=O)(=O)C3)nnc12. The van der Waals surface area contributed by atoms with Crippen LogP contribution in [0.3, 0.4) is 0 Å². The van der Waals surface area contributed by atoms with Crippen molar-refractivity contribution in [1.29, 1.82) is 0 Å². The number of rotatable bonds is 2. The van der Waals surface area contributed by atoms with Crippen LogP contribution in [0.2, 0.25) is 0 Å². The first-order valence-electron chi connectivity index (χ1n) is 6.64. The molecule has 1 atom stereocenters. The maximum Gasteiger partial charge on any atom is 0.341 e. The largest absolute Gasteiger partial charge is 0.465 e. The highest BCUT2D eigenvalue weighted by Crippen LogP contribution is 2.27. The highest BCUT2D eigenvalue weighted by molar-refractivity contribution is 7.91. The third-order valence-corrected chi connectivity index (χ3v) is 5.52. The van der Waals surface area contributed by atoms with Crippen molar-refractivity contribution in [2.45, 2.75) is 18.8 Å². The second-order valence-electron chi connectivity index (χ2n) is 5.12. The van der Waals surface area contributed by atoms with Gasteiger partial charge in [0.1, 0.15) is 11.4 Å². The molecule has 1 aliphatic heterocycles. The summed E-state index contributed by atoms with van der Waals surface area (Å²) < 4.78 is 30.0. The Morgan fingerprint density at radius 3 is 2.95 bits per heavy atom. The van der Waals surface area contributed by atoms with E-state index >= 15 is 0 Å². The lowest BCUT2D eigenvalue weighted by molar-refractivity contribution is 0.0602. The number of hydrogen-bond acceptors (Lipinski definition) is 6. The summed E-state index contributed by atoms with van der Waals surface area (Å²) in [5, 5.41) is 8.13. The normalized spacial score (nSPS) is 21.3. The molecule has 21 heavy (non-hydrogen) atoms. The Hall–Kier alpha value is -1.96. The van der Waals surface area contributed by atoms with Crippen LogP contribution < -0.4 is 0 Å². The fraction of sp³-hybridized carbons (Fsp3) is 0.462. The Balaban J connectivity index is 2.07. The molecule has 3 rings (SSSR count). The van der Waals surface area contributed by atoms with Crippen molar-refractivity contribution >= 4 is 21.5 Å². The summed E-state index contributed by atoms with van der Waals surface area (Å²) >= 11 is 0. The molecule has 8 heteroatoms. The number of ether oxygens (including phenoxy) is 1. The van der Waals surface area contributed by atoms with E-state index in [-0.39, 0.29) is 17.4 Å². The van der Waals surface area contributed by atoms with Crippen molar-refractivity contribution in [3.63, 3.8) is 0 Å². The molecular formula is C13H15N3O4S. The molecular weight excluding hydrogens is 294 g/mol. The molecule has 7 nitrogen and oxygen atoms in total. The second-order valence-corrected chi connectivity index (χ2v) is 7.35. The first-order valence-corrected chi connectivity index (χ1v) is 8.46. The van der Waals surface area contributed by atoms with E-state index in [0.29, 0.717) is 23.5 Å². The molecule has 0 radical (unpaired) electrons. The summed E-state index contributed by atoms with van der Waals surface area (Å²) in [7, 11) is -1.73. The van der Waals surface area contributed by atoms with Gasteiger partial charge in [0, 0.05) is 12.1 Å². The summed E-state index contributed by atoms with van der Waals surface area (Å²) in [5.41, 5.74) is 0.708. The van der Waals surface area contributed by atoms with E-state index in [2.05, 4.69) is 10.2 Å². The lowest BCUT2D eigenvalue weighted by Crippen LogP contribution is -2.25. The summed E-state index contributed by atoms with van der Waals surface area (Å²) in [5.74, 6) is 0.214. The van der Waals surface area contributed by atoms with Gasteiger partial charge in [0.15, 0.2) is 15.5 Å². The van der Waals surface area contributed by atoms with Gasteiger partial charge in [0.05, 0.1) is 18.6 Å². The Labute approximate surface area is 121 Å². The van der Waals surface area contributed by atoms with E-state index in [4.69, 9.17) is 4.74 Å². The fourth-order valence-electron chi connectivity index (χ4n) is 2.71. The van der Waals surface area contributed by atoms with Crippen LogP contribution >= 0.6 is 0 Å². The number of carbonyl (C=O) groups is 1. The zero-order chi connectivity index (χ0) is 15.0. The molecule has 2 aromatic heterocycles. The number of aromatic nitrogens is 3. The molecule has 0 N–H and O–H groups in total. The van der Waals surface area contributed by atoms with Crippen LogP contribution in [0.15, 0.2) is 18.3 Å². The van der Waals surface area contributed by atoms with Gasteiger partial charge in [0.25, 0.3) is 0 Å². The summed E-state index contributed by atoms with van der Waals surface area (Å²) in [4.78, 5) is 11.7. The quantitative estimate of drug-likeness (QED) is 0.762. The van der Waals surface area contributed by atoms with Crippen molar-refractivity contribution in [3.8, 4) is 0 Å². The van der Waals surface area contributed by atoms with Gasteiger partial charge in [0.2, 0.25) is 0 Å². The van der Waals surface area contributed by atoms with Gasteiger partial charge in [-0.25, -0.2) is 13.2 Å². The van der Waals surface area contributed by atoms with Gasteiger partial charge in [-0.2, -0.15) is 0 Å². The topological polar surface area (TPSA) is 90.6 Å². The van der Waals surface area contributed by atoms with Crippen LogP contribution in [0.1, 0.15) is 34.9 Å². The molecule has 112 valence electrons. The lowest BCUT2D eigenvalue weighted by atomic mass is 10.0. The van der Waals surface area contributed by atoms with E-state index in [1.807, 2.05) is 0 Å². The number of esters is 1. The summed E-state index contributed by atoms with van der Waals surface area (Å²) in [6, 6.07) is 3.31. The zero-order valence-corrected chi connectivity index (χ0v) is 12.3. The van der Waals surface area contributed by atoms with Crippen LogP contribution in [0.4, 0.5) is 0 Å². The van der Waals surface area contributed by atoms with Crippen molar-refractivity contribution in [2.24, 2.45) is 0 Å². The highest BCUT2D eigenvalue weighted by Gasteiger charge is 2.29. The first kappa shape index (κ1) is 14.0. The molecule has 1 fully saturated rings. The van der Waals surface area contributed by atoms with E-state index in [1.54, 1.807) is 22.7 Å². The number of carbonyl (C=O) groups excluding carboxylic acids is 1. The molecule has 3 heterocycles. The van der Waals surface area contributed by atoms with Crippen LogP contribution in [0, 0.1) is 0 Å². The molecule has 1 aliphatic rings. The van der Waals surface area contributed by atoms with Gasteiger partial charge < -0.3 is 4.74 Å². The predicted molar refractivity (Wildman–Crippen MR) is 75.0 cm³/mol. The molecule has 0 saturated carbocycles. The molecule has 0 amide bonds. The lowest BCUT2D eigenvalue weighted by Gasteiger charge is -2.20. The average molecular weight is 309 g/mol. The molecule has 0 aromatic carbocycles. The van der Waals surface area contributed by atoms with Crippen molar-refractivity contribution in [3.05, 3.63) is 29.7 Å². The zero-order valence-electron chi connectivity index (χ0n) is 11.5. The Morgan fingerprint density at radius 2 is 2.24 bits per heavy atom. The van der Waals surface area contributed by atoms with Crippen molar-refractivity contribution < 1.29 is 17.9 Å². The van der Waals surface area contributed by atoms with Gasteiger partial charge >= 0.3 is 5.97 Å². The molecule has 0 bridgehead atoms. The maximum atomic E-state index is 11.8. The van der Waals surface area contributed by atoms with Gasteiger partial charge in [-0.05, 0) is 25.0 Å². The summed E-state index contributed by atoms with van der Waals surface area (Å²) in [6.07, 6.45) is 3.11. The van der Waals surface area contributed by atoms with Crippen LogP contribution in [0.25, 0.3) is 5.65 Å².